The number of aryl methyl sites for hydroxylation is 1. The van der Waals surface area contributed by atoms with Crippen molar-refractivity contribution in [2.75, 3.05) is 7.11 Å². The van der Waals surface area contributed by atoms with E-state index in [1.54, 1.807) is 18.3 Å². The van der Waals surface area contributed by atoms with E-state index in [4.69, 9.17) is 10.5 Å². The Morgan fingerprint density at radius 2 is 2.26 bits per heavy atom. The third-order valence-corrected chi connectivity index (χ3v) is 3.15. The van der Waals surface area contributed by atoms with Crippen LogP contribution in [0, 0.1) is 5.82 Å². The van der Waals surface area contributed by atoms with Crippen LogP contribution in [0.15, 0.2) is 30.6 Å². The van der Waals surface area contributed by atoms with Crippen molar-refractivity contribution in [2.45, 2.75) is 25.9 Å². The topological polar surface area (TPSA) is 53.1 Å². The van der Waals surface area contributed by atoms with Gasteiger partial charge in [-0.05, 0) is 24.6 Å². The van der Waals surface area contributed by atoms with Crippen molar-refractivity contribution in [3.05, 3.63) is 47.8 Å². The van der Waals surface area contributed by atoms with E-state index in [9.17, 15) is 4.39 Å². The fourth-order valence-corrected chi connectivity index (χ4v) is 2.04. The Morgan fingerprint density at radius 1 is 1.47 bits per heavy atom. The van der Waals surface area contributed by atoms with Crippen molar-refractivity contribution in [1.29, 1.82) is 0 Å². The zero-order valence-corrected chi connectivity index (χ0v) is 11.1. The molecule has 0 aliphatic carbocycles. The van der Waals surface area contributed by atoms with Crippen molar-refractivity contribution in [1.82, 2.24) is 9.55 Å². The summed E-state index contributed by atoms with van der Waals surface area (Å²) in [7, 11) is 1.44. The van der Waals surface area contributed by atoms with Crippen molar-refractivity contribution >= 4 is 0 Å². The van der Waals surface area contributed by atoms with E-state index in [1.807, 2.05) is 10.8 Å². The number of hydrogen-bond acceptors (Lipinski definition) is 3. The minimum Gasteiger partial charge on any atom is -0.494 e. The monoisotopic (exact) mass is 263 g/mol. The zero-order valence-electron chi connectivity index (χ0n) is 11.1. The number of hydrogen-bond donors (Lipinski definition) is 1. The van der Waals surface area contributed by atoms with Gasteiger partial charge in [0.2, 0.25) is 0 Å². The predicted molar refractivity (Wildman–Crippen MR) is 71.5 cm³/mol. The molecule has 2 rings (SSSR count). The van der Waals surface area contributed by atoms with Crippen LogP contribution in [0.2, 0.25) is 0 Å². The van der Waals surface area contributed by atoms with Gasteiger partial charge in [-0.1, -0.05) is 6.07 Å². The van der Waals surface area contributed by atoms with Crippen LogP contribution in [0.25, 0.3) is 0 Å². The number of methoxy groups -OCH3 is 1. The van der Waals surface area contributed by atoms with Gasteiger partial charge in [0.1, 0.15) is 5.82 Å². The molecule has 1 aromatic carbocycles. The van der Waals surface area contributed by atoms with Crippen LogP contribution in [0.1, 0.15) is 24.4 Å². The van der Waals surface area contributed by atoms with Gasteiger partial charge in [0.05, 0.1) is 7.11 Å². The number of imidazole rings is 1. The molecule has 0 saturated heterocycles. The Kier molecular flexibility index (Phi) is 4.16. The quantitative estimate of drug-likeness (QED) is 0.900. The lowest BCUT2D eigenvalue weighted by Crippen LogP contribution is -2.16. The van der Waals surface area contributed by atoms with E-state index in [-0.39, 0.29) is 17.6 Å². The first-order valence-corrected chi connectivity index (χ1v) is 6.24. The molecule has 0 saturated carbocycles. The number of nitrogens with zero attached hydrogens (tertiary/aromatic N) is 2. The standard InChI is InChI=1S/C14H18FN3O/c1-3-18-7-6-17-14(18)9-12(16)10-4-5-11(15)13(8-10)19-2/h4-8,12H,3,9,16H2,1-2H3. The number of nitrogens with two attached hydrogens (primary N) is 1. The van der Waals surface area contributed by atoms with E-state index in [2.05, 4.69) is 11.9 Å². The molecule has 19 heavy (non-hydrogen) atoms. The Morgan fingerprint density at radius 3 is 2.95 bits per heavy atom. The Balaban J connectivity index is 2.18. The average Bonchev–Trinajstić information content (AvgIpc) is 2.86. The fourth-order valence-electron chi connectivity index (χ4n) is 2.04. The smallest absolute Gasteiger partial charge is 0.165 e. The predicted octanol–water partition coefficient (Wildman–Crippen LogP) is 2.29. The lowest BCUT2D eigenvalue weighted by Gasteiger charge is -2.14. The molecule has 0 aliphatic heterocycles. The van der Waals surface area contributed by atoms with E-state index in [0.29, 0.717) is 6.42 Å². The first-order valence-electron chi connectivity index (χ1n) is 6.24. The molecule has 1 aromatic heterocycles. The summed E-state index contributed by atoms with van der Waals surface area (Å²) in [5, 5.41) is 0. The molecule has 1 atom stereocenters. The lowest BCUT2D eigenvalue weighted by molar-refractivity contribution is 0.385. The number of ether oxygens (including phenoxy) is 1. The summed E-state index contributed by atoms with van der Waals surface area (Å²) in [4.78, 5) is 4.29. The SMILES string of the molecule is CCn1ccnc1CC(N)c1ccc(F)c(OC)c1. The minimum absolute atomic E-state index is 0.215. The summed E-state index contributed by atoms with van der Waals surface area (Å²) in [6.07, 6.45) is 4.29. The van der Waals surface area contributed by atoms with Gasteiger partial charge in [-0.15, -0.1) is 0 Å². The van der Waals surface area contributed by atoms with Gasteiger partial charge in [0.25, 0.3) is 0 Å². The highest BCUT2D eigenvalue weighted by atomic mass is 19.1. The van der Waals surface area contributed by atoms with Gasteiger partial charge in [-0.3, -0.25) is 0 Å². The van der Waals surface area contributed by atoms with E-state index in [1.165, 1.54) is 13.2 Å². The van der Waals surface area contributed by atoms with Crippen molar-refractivity contribution in [2.24, 2.45) is 5.73 Å². The Labute approximate surface area is 112 Å². The number of aromatic nitrogens is 2. The van der Waals surface area contributed by atoms with Crippen LogP contribution in [-0.2, 0) is 13.0 Å². The number of rotatable bonds is 5. The molecule has 102 valence electrons. The number of halogens is 1. The zero-order chi connectivity index (χ0) is 13.8. The van der Waals surface area contributed by atoms with Crippen LogP contribution in [0.5, 0.6) is 5.75 Å². The summed E-state index contributed by atoms with van der Waals surface area (Å²) < 4.78 is 20.4. The molecule has 4 nitrogen and oxygen atoms in total. The van der Waals surface area contributed by atoms with Crippen molar-refractivity contribution in [3.8, 4) is 5.75 Å². The summed E-state index contributed by atoms with van der Waals surface area (Å²) in [5.41, 5.74) is 6.99. The largest absolute Gasteiger partial charge is 0.494 e. The molecule has 0 aliphatic rings. The van der Waals surface area contributed by atoms with Crippen molar-refractivity contribution < 1.29 is 9.13 Å². The summed E-state index contributed by atoms with van der Waals surface area (Å²) >= 11 is 0. The molecule has 0 radical (unpaired) electrons. The highest BCUT2D eigenvalue weighted by Crippen LogP contribution is 2.23. The molecule has 0 bridgehead atoms. The highest BCUT2D eigenvalue weighted by Gasteiger charge is 2.13. The molecule has 0 fully saturated rings. The van der Waals surface area contributed by atoms with Gasteiger partial charge in [0.15, 0.2) is 11.6 Å². The van der Waals surface area contributed by atoms with Gasteiger partial charge < -0.3 is 15.0 Å². The van der Waals surface area contributed by atoms with Gasteiger partial charge in [-0.2, -0.15) is 0 Å². The first-order chi connectivity index (χ1) is 9.15. The van der Waals surface area contributed by atoms with Crippen LogP contribution in [-0.4, -0.2) is 16.7 Å². The first kappa shape index (κ1) is 13.5. The van der Waals surface area contributed by atoms with Gasteiger partial charge in [0, 0.05) is 31.4 Å². The molecule has 0 spiro atoms. The second-order valence-electron chi connectivity index (χ2n) is 4.33. The van der Waals surface area contributed by atoms with E-state index in [0.717, 1.165) is 17.9 Å². The summed E-state index contributed by atoms with van der Waals surface area (Å²) in [5.74, 6) is 0.763. The van der Waals surface area contributed by atoms with Gasteiger partial charge in [-0.25, -0.2) is 9.37 Å². The van der Waals surface area contributed by atoms with E-state index < -0.39 is 0 Å². The van der Waals surface area contributed by atoms with Crippen LogP contribution < -0.4 is 10.5 Å². The molecular weight excluding hydrogens is 245 g/mol. The van der Waals surface area contributed by atoms with Crippen LogP contribution in [0.4, 0.5) is 4.39 Å². The average molecular weight is 263 g/mol. The third-order valence-electron chi connectivity index (χ3n) is 3.15. The molecule has 5 heteroatoms. The Hall–Kier alpha value is -1.88. The minimum atomic E-state index is -0.381. The molecular formula is C14H18FN3O. The lowest BCUT2D eigenvalue weighted by atomic mass is 10.0. The number of benzene rings is 1. The maximum Gasteiger partial charge on any atom is 0.165 e. The maximum absolute atomic E-state index is 13.3. The normalized spacial score (nSPS) is 12.4. The van der Waals surface area contributed by atoms with Gasteiger partial charge >= 0.3 is 0 Å². The molecule has 1 heterocycles. The Bertz CT molecular complexity index is 553. The fraction of sp³-hybridized carbons (Fsp3) is 0.357. The second-order valence-corrected chi connectivity index (χ2v) is 4.33. The molecule has 2 aromatic rings. The summed E-state index contributed by atoms with van der Waals surface area (Å²) in [6, 6.07) is 4.46. The summed E-state index contributed by atoms with van der Waals surface area (Å²) in [6.45, 7) is 2.91. The van der Waals surface area contributed by atoms with Crippen molar-refractivity contribution in [3.63, 3.8) is 0 Å². The molecule has 1 unspecified atom stereocenters. The molecule has 0 amide bonds. The third kappa shape index (κ3) is 2.93. The molecule has 2 N–H and O–H groups in total. The van der Waals surface area contributed by atoms with Crippen LogP contribution >= 0.6 is 0 Å². The second kappa shape index (κ2) is 5.84. The van der Waals surface area contributed by atoms with Crippen LogP contribution in [0.3, 0.4) is 0 Å². The highest BCUT2D eigenvalue weighted by molar-refractivity contribution is 5.32. The van der Waals surface area contributed by atoms with E-state index >= 15 is 0 Å². The maximum atomic E-state index is 13.3.